The molecular weight excluding hydrogens is 386 g/mol. The first kappa shape index (κ1) is 22.9. The maximum absolute atomic E-state index is 12.0. The number of nitrogens with one attached hydrogen (secondary N) is 1. The van der Waals surface area contributed by atoms with Gasteiger partial charge in [-0.3, -0.25) is 9.59 Å². The van der Waals surface area contributed by atoms with E-state index < -0.39 is 5.97 Å². The van der Waals surface area contributed by atoms with E-state index in [0.717, 1.165) is 22.1 Å². The number of hydrogen-bond acceptors (Lipinski definition) is 6. The molecule has 1 heterocycles. The summed E-state index contributed by atoms with van der Waals surface area (Å²) in [6.07, 6.45) is 2.59. The van der Waals surface area contributed by atoms with Crippen molar-refractivity contribution in [3.63, 3.8) is 0 Å². The summed E-state index contributed by atoms with van der Waals surface area (Å²) >= 11 is 1.49. The highest BCUT2D eigenvalue weighted by atomic mass is 32.2. The van der Waals surface area contributed by atoms with Crippen LogP contribution in [0.4, 0.5) is 5.69 Å². The molecule has 0 saturated carbocycles. The Balaban J connectivity index is 1.81. The number of nitrogens with zero attached hydrogens (tertiary/aromatic N) is 2. The van der Waals surface area contributed by atoms with Gasteiger partial charge in [-0.05, 0) is 55.2 Å². The van der Waals surface area contributed by atoms with E-state index in [1.807, 2.05) is 44.4 Å². The maximum atomic E-state index is 12.0. The highest BCUT2D eigenvalue weighted by Gasteiger charge is 2.14. The SMILES string of the molecule is CSc1nc(C)c(CCC(=O)OCC(=O)Nc2ccc(C(C)(C)C)cc2)c(C)n1. The molecule has 0 aliphatic rings. The molecule has 1 N–H and O–H groups in total. The van der Waals surface area contributed by atoms with E-state index in [-0.39, 0.29) is 24.3 Å². The smallest absolute Gasteiger partial charge is 0.306 e. The average Bonchev–Trinajstić information content (AvgIpc) is 2.65. The van der Waals surface area contributed by atoms with Gasteiger partial charge < -0.3 is 10.1 Å². The van der Waals surface area contributed by atoms with Crippen LogP contribution in [0.1, 0.15) is 49.7 Å². The minimum Gasteiger partial charge on any atom is -0.456 e. The van der Waals surface area contributed by atoms with Gasteiger partial charge in [0.15, 0.2) is 11.8 Å². The number of rotatable bonds is 7. The molecule has 156 valence electrons. The first-order valence-corrected chi connectivity index (χ1v) is 10.8. The Morgan fingerprint density at radius 1 is 1.07 bits per heavy atom. The lowest BCUT2D eigenvalue weighted by Gasteiger charge is -2.19. The van der Waals surface area contributed by atoms with Crippen molar-refractivity contribution in [1.82, 2.24) is 9.97 Å². The molecule has 29 heavy (non-hydrogen) atoms. The normalized spacial score (nSPS) is 11.2. The molecule has 1 amide bonds. The molecule has 0 spiro atoms. The average molecular weight is 416 g/mol. The van der Waals surface area contributed by atoms with Crippen LogP contribution in [0.2, 0.25) is 0 Å². The molecule has 0 aliphatic carbocycles. The Labute approximate surface area is 176 Å². The molecule has 0 aliphatic heterocycles. The third-order valence-corrected chi connectivity index (χ3v) is 5.11. The van der Waals surface area contributed by atoms with Crippen LogP contribution in [0.15, 0.2) is 29.4 Å². The van der Waals surface area contributed by atoms with Gasteiger partial charge in [0.05, 0.1) is 0 Å². The van der Waals surface area contributed by atoms with E-state index in [9.17, 15) is 9.59 Å². The zero-order valence-corrected chi connectivity index (χ0v) is 18.8. The third kappa shape index (κ3) is 6.85. The number of anilines is 1. The van der Waals surface area contributed by atoms with Crippen molar-refractivity contribution in [2.24, 2.45) is 0 Å². The second-order valence-corrected chi connectivity index (χ2v) is 8.67. The van der Waals surface area contributed by atoms with Crippen LogP contribution in [0, 0.1) is 13.8 Å². The lowest BCUT2D eigenvalue weighted by Crippen LogP contribution is -2.21. The van der Waals surface area contributed by atoms with Crippen LogP contribution >= 0.6 is 11.8 Å². The number of ether oxygens (including phenoxy) is 1. The summed E-state index contributed by atoms with van der Waals surface area (Å²) in [6, 6.07) is 7.67. The summed E-state index contributed by atoms with van der Waals surface area (Å²) in [7, 11) is 0. The molecule has 0 radical (unpaired) electrons. The Morgan fingerprint density at radius 3 is 2.17 bits per heavy atom. The van der Waals surface area contributed by atoms with Crippen LogP contribution < -0.4 is 5.32 Å². The number of thioether (sulfide) groups is 1. The molecule has 0 atom stereocenters. The predicted octanol–water partition coefficient (Wildman–Crippen LogP) is 4.23. The van der Waals surface area contributed by atoms with Crippen molar-refractivity contribution in [2.45, 2.75) is 58.0 Å². The van der Waals surface area contributed by atoms with Gasteiger partial charge in [-0.1, -0.05) is 44.7 Å². The van der Waals surface area contributed by atoms with Crippen LogP contribution in [0.5, 0.6) is 0 Å². The first-order chi connectivity index (χ1) is 13.6. The van der Waals surface area contributed by atoms with E-state index in [1.165, 1.54) is 17.3 Å². The number of carbonyl (C=O) groups excluding carboxylic acids is 2. The van der Waals surface area contributed by atoms with Gasteiger partial charge in [0, 0.05) is 23.5 Å². The summed E-state index contributed by atoms with van der Waals surface area (Å²) < 4.78 is 5.10. The summed E-state index contributed by atoms with van der Waals surface area (Å²) in [4.78, 5) is 32.9. The number of amides is 1. The Kier molecular flexibility index (Phi) is 7.79. The van der Waals surface area contributed by atoms with E-state index in [2.05, 4.69) is 36.1 Å². The van der Waals surface area contributed by atoms with Gasteiger partial charge in [-0.15, -0.1) is 0 Å². The summed E-state index contributed by atoms with van der Waals surface area (Å²) in [5, 5.41) is 3.46. The molecule has 7 heteroatoms. The van der Waals surface area contributed by atoms with Gasteiger partial charge >= 0.3 is 5.97 Å². The van der Waals surface area contributed by atoms with Gasteiger partial charge in [0.25, 0.3) is 5.91 Å². The van der Waals surface area contributed by atoms with Crippen LogP contribution in [-0.2, 0) is 26.2 Å². The lowest BCUT2D eigenvalue weighted by atomic mass is 9.87. The number of benzene rings is 1. The Bertz CT molecular complexity index is 851. The predicted molar refractivity (Wildman–Crippen MR) is 116 cm³/mol. The number of esters is 1. The van der Waals surface area contributed by atoms with Gasteiger partial charge in [0.2, 0.25) is 0 Å². The van der Waals surface area contributed by atoms with Gasteiger partial charge in [-0.25, -0.2) is 9.97 Å². The van der Waals surface area contributed by atoms with E-state index in [0.29, 0.717) is 12.1 Å². The molecule has 0 bridgehead atoms. The zero-order chi connectivity index (χ0) is 21.6. The van der Waals surface area contributed by atoms with Crippen molar-refractivity contribution in [2.75, 3.05) is 18.2 Å². The van der Waals surface area contributed by atoms with E-state index >= 15 is 0 Å². The van der Waals surface area contributed by atoms with Crippen LogP contribution in [0.25, 0.3) is 0 Å². The third-order valence-electron chi connectivity index (χ3n) is 4.56. The Morgan fingerprint density at radius 2 is 1.66 bits per heavy atom. The molecule has 1 aromatic carbocycles. The molecule has 0 fully saturated rings. The van der Waals surface area contributed by atoms with Gasteiger partial charge in [-0.2, -0.15) is 0 Å². The first-order valence-electron chi connectivity index (χ1n) is 9.54. The monoisotopic (exact) mass is 415 g/mol. The quantitative estimate of drug-likeness (QED) is 0.414. The molecule has 1 aromatic heterocycles. The second-order valence-electron chi connectivity index (χ2n) is 7.90. The number of hydrogen-bond donors (Lipinski definition) is 1. The molecular formula is C22H29N3O3S. The van der Waals surface area contributed by atoms with Gasteiger partial charge in [0.1, 0.15) is 0 Å². The zero-order valence-electron chi connectivity index (χ0n) is 18.0. The Hall–Kier alpha value is -2.41. The van der Waals surface area contributed by atoms with Crippen molar-refractivity contribution >= 4 is 29.3 Å². The lowest BCUT2D eigenvalue weighted by molar-refractivity contribution is -0.147. The largest absolute Gasteiger partial charge is 0.456 e. The minimum absolute atomic E-state index is 0.0511. The molecule has 6 nitrogen and oxygen atoms in total. The standard InChI is InChI=1S/C22H29N3O3S/c1-14-18(15(2)24-21(23-14)29-6)11-12-20(27)28-13-19(26)25-17-9-7-16(8-10-17)22(3,4)5/h7-10H,11-13H2,1-6H3,(H,25,26). The van der Waals surface area contributed by atoms with Crippen molar-refractivity contribution in [1.29, 1.82) is 0 Å². The number of carbonyl (C=O) groups is 2. The number of aromatic nitrogens is 2. The summed E-state index contributed by atoms with van der Waals surface area (Å²) in [5.74, 6) is -0.780. The minimum atomic E-state index is -0.420. The summed E-state index contributed by atoms with van der Waals surface area (Å²) in [5.41, 5.74) is 4.59. The molecule has 0 saturated heterocycles. The molecule has 0 unspecified atom stereocenters. The molecule has 2 aromatic rings. The highest BCUT2D eigenvalue weighted by Crippen LogP contribution is 2.23. The molecule has 2 rings (SSSR count). The van der Waals surface area contributed by atoms with Crippen LogP contribution in [0.3, 0.4) is 0 Å². The van der Waals surface area contributed by atoms with Crippen LogP contribution in [-0.4, -0.2) is 34.7 Å². The topological polar surface area (TPSA) is 81.2 Å². The van der Waals surface area contributed by atoms with E-state index in [4.69, 9.17) is 4.74 Å². The number of aryl methyl sites for hydroxylation is 2. The van der Waals surface area contributed by atoms with Crippen molar-refractivity contribution in [3.8, 4) is 0 Å². The maximum Gasteiger partial charge on any atom is 0.306 e. The fraction of sp³-hybridized carbons (Fsp3) is 0.455. The fourth-order valence-corrected chi connectivity index (χ4v) is 3.31. The van der Waals surface area contributed by atoms with Crippen molar-refractivity contribution < 1.29 is 14.3 Å². The van der Waals surface area contributed by atoms with E-state index in [1.54, 1.807) is 0 Å². The second kappa shape index (κ2) is 9.87. The summed E-state index contributed by atoms with van der Waals surface area (Å²) in [6.45, 7) is 9.91. The van der Waals surface area contributed by atoms with Crippen molar-refractivity contribution in [3.05, 3.63) is 46.8 Å². The highest BCUT2D eigenvalue weighted by molar-refractivity contribution is 7.98. The fourth-order valence-electron chi connectivity index (χ4n) is 2.86.